The summed E-state index contributed by atoms with van der Waals surface area (Å²) < 4.78 is 107. The molecule has 15 nitrogen and oxygen atoms in total. The lowest BCUT2D eigenvalue weighted by Crippen LogP contribution is -2.53. The Bertz CT molecular complexity index is 2670. The molecular weight excluding hydrogens is 969 g/mol. The molecule has 8 aliphatic rings. The number of carbonyl (C=O) groups is 2. The summed E-state index contributed by atoms with van der Waals surface area (Å²) in [6.07, 6.45) is 1.51. The molecule has 400 valence electrons. The van der Waals surface area contributed by atoms with E-state index in [0.717, 1.165) is 18.4 Å². The number of aliphatic hydroxyl groups is 1. The van der Waals surface area contributed by atoms with E-state index in [1.165, 1.54) is 38.5 Å². The number of methoxy groups -OCH3 is 2. The van der Waals surface area contributed by atoms with Crippen LogP contribution in [0.3, 0.4) is 0 Å². The monoisotopic (exact) mass is 1040 g/mol. The van der Waals surface area contributed by atoms with Crippen LogP contribution >= 0.6 is 0 Å². The number of halogens is 4. The van der Waals surface area contributed by atoms with Crippen LogP contribution in [0.2, 0.25) is 0 Å². The Labute approximate surface area is 430 Å². The molecule has 12 rings (SSSR count). The number of rotatable bonds is 12. The molecular formula is C55H66F4N4O11. The summed E-state index contributed by atoms with van der Waals surface area (Å²) in [5, 5.41) is 9.70. The van der Waals surface area contributed by atoms with Gasteiger partial charge in [-0.15, -0.1) is 0 Å². The van der Waals surface area contributed by atoms with Crippen LogP contribution in [0.25, 0.3) is 0 Å². The number of fused-ring (bicyclic) bond motifs is 4. The minimum atomic E-state index is -2.55. The van der Waals surface area contributed by atoms with Crippen molar-refractivity contribution in [3.05, 3.63) is 107 Å². The van der Waals surface area contributed by atoms with Gasteiger partial charge in [-0.3, -0.25) is 9.59 Å². The van der Waals surface area contributed by atoms with Crippen molar-refractivity contribution in [2.45, 2.75) is 95.2 Å². The van der Waals surface area contributed by atoms with Crippen LogP contribution in [-0.4, -0.2) is 128 Å². The third kappa shape index (κ3) is 10.3. The normalized spacial score (nSPS) is 31.6. The summed E-state index contributed by atoms with van der Waals surface area (Å²) in [6, 6.07) is 19.2. The zero-order valence-corrected chi connectivity index (χ0v) is 41.1. The molecule has 4 unspecified atom stereocenters. The molecule has 4 saturated heterocycles. The third-order valence-corrected chi connectivity index (χ3v) is 16.2. The van der Waals surface area contributed by atoms with Crippen molar-refractivity contribution in [3.8, 4) is 23.3 Å². The molecule has 4 aromatic rings. The highest BCUT2D eigenvalue weighted by atomic mass is 19.3. The second-order valence-electron chi connectivity index (χ2n) is 20.0. The lowest BCUT2D eigenvalue weighted by Gasteiger charge is -2.41. The molecule has 8 atom stereocenters. The number of aliphatic hydroxyl groups excluding tert-OH is 1. The van der Waals surface area contributed by atoms with E-state index in [1.807, 2.05) is 12.1 Å². The predicted octanol–water partition coefficient (Wildman–Crippen LogP) is 8.42. The van der Waals surface area contributed by atoms with Crippen molar-refractivity contribution in [3.63, 3.8) is 0 Å². The van der Waals surface area contributed by atoms with Crippen molar-refractivity contribution < 1.29 is 71.5 Å². The van der Waals surface area contributed by atoms with Gasteiger partial charge >= 0.3 is 0 Å². The minimum Gasteiger partial charge on any atom is -0.488 e. The van der Waals surface area contributed by atoms with E-state index < -0.39 is 29.3 Å². The van der Waals surface area contributed by atoms with Crippen LogP contribution in [0.4, 0.5) is 17.6 Å². The van der Waals surface area contributed by atoms with Crippen LogP contribution in [-0.2, 0) is 30.1 Å². The molecule has 74 heavy (non-hydrogen) atoms. The number of ether oxygens (including phenoxy) is 8. The fourth-order valence-corrected chi connectivity index (χ4v) is 12.3. The lowest BCUT2D eigenvalue weighted by atomic mass is 9.82. The molecule has 6 heterocycles. The summed E-state index contributed by atoms with van der Waals surface area (Å²) in [5.74, 6) is -0.720. The van der Waals surface area contributed by atoms with E-state index in [4.69, 9.17) is 39.3 Å². The van der Waals surface area contributed by atoms with Gasteiger partial charge in [0.25, 0.3) is 23.6 Å². The van der Waals surface area contributed by atoms with E-state index >= 15 is 0 Å². The van der Waals surface area contributed by atoms with E-state index in [9.17, 15) is 32.3 Å². The molecule has 4 aliphatic heterocycles. The highest BCUT2D eigenvalue weighted by Crippen LogP contribution is 2.62. The van der Waals surface area contributed by atoms with Gasteiger partial charge in [0.1, 0.15) is 60.0 Å². The Hall–Kier alpha value is -5.60. The first-order valence-corrected chi connectivity index (χ1v) is 25.0. The topological polar surface area (TPSA) is 160 Å². The van der Waals surface area contributed by atoms with Crippen molar-refractivity contribution in [1.29, 1.82) is 0 Å². The molecule has 0 bridgehead atoms. The smallest absolute Gasteiger partial charge is 0.272 e. The fraction of sp³-hybridized carbons (Fsp3) is 0.564. The zero-order valence-electron chi connectivity index (χ0n) is 42.1. The molecule has 1 N–H and O–H groups in total. The van der Waals surface area contributed by atoms with E-state index in [-0.39, 0.29) is 111 Å². The van der Waals surface area contributed by atoms with E-state index in [0.29, 0.717) is 87.4 Å². The summed E-state index contributed by atoms with van der Waals surface area (Å²) >= 11 is 0. The molecule has 4 aliphatic carbocycles. The maximum Gasteiger partial charge on any atom is 0.272 e. The van der Waals surface area contributed by atoms with E-state index in [2.05, 4.69) is 9.97 Å². The number of carbonyl (C=O) groups excluding carboxylic acids is 2. The van der Waals surface area contributed by atoms with Gasteiger partial charge in [-0.25, -0.2) is 27.5 Å². The molecule has 0 spiro atoms. The highest BCUT2D eigenvalue weighted by molar-refractivity contribution is 5.93. The van der Waals surface area contributed by atoms with Gasteiger partial charge in [0.05, 0.1) is 46.6 Å². The van der Waals surface area contributed by atoms with Crippen LogP contribution in [0, 0.1) is 47.1 Å². The van der Waals surface area contributed by atoms with Crippen molar-refractivity contribution >= 4 is 11.8 Å². The average molecular weight is 1040 g/mol. The van der Waals surface area contributed by atoms with Crippen molar-refractivity contribution in [2.75, 3.05) is 67.2 Å². The lowest BCUT2D eigenvalue weighted by molar-refractivity contribution is -0.0444. The van der Waals surface area contributed by atoms with Gasteiger partial charge in [0.15, 0.2) is 11.5 Å². The first-order chi connectivity index (χ1) is 35.7. The first-order valence-electron chi connectivity index (χ1n) is 25.7. The number of benzene rings is 2. The number of aromatic nitrogens is 2. The first kappa shape index (κ1) is 51.9. The number of piperidine rings is 2. The Morgan fingerprint density at radius 3 is 1.57 bits per heavy atom. The maximum atomic E-state index is 13.9. The second kappa shape index (κ2) is 21.6. The molecule has 8 fully saturated rings. The Morgan fingerprint density at radius 2 is 1.15 bits per heavy atom. The number of likely N-dealkylation sites (tertiary alicyclic amines) is 2. The van der Waals surface area contributed by atoms with Gasteiger partial charge in [-0.2, -0.15) is 0 Å². The quantitative estimate of drug-likeness (QED) is 0.135. The number of hydrogen-bond donors (Lipinski definition) is 1. The standard InChI is InChI=1S/C26H27F3N2O5.C26H29FN2O6.C2H6.CH4/c1-33-23-21(34-13-19-17-10-25(28,29)11-18(17)19)6-5-20(30-23)24(32)31-8-7-26(22(12-31)35-14-36-26)15-3-2-4-16(27)9-15;1-32-24-22(33-13-20-18-10-17(30)11-19(18)20)6-5-21(28-24)25(31)29-8-7-26(23(12-29)34-14-35-26)15-3-2-4-16(27)9-15;1-2;/h2-6,9,17-19,22H,7-8,10-14H2,1H3;2-6,9,17-20,23,30H,7-8,10-14H2,1H3;1-2H3;1H4/t17?,18?,19?,22-,26-;17?,18?,19?,20?,23-,26-;;/m11../s1/i;;1D;. The van der Waals surface area contributed by atoms with Gasteiger partial charge in [-0.1, -0.05) is 45.5 Å². The summed E-state index contributed by atoms with van der Waals surface area (Å²) in [6.45, 7) is 4.73. The number of nitrogens with zero attached hydrogens (tertiary/aromatic N) is 4. The Balaban J connectivity index is 0.000000173. The minimum absolute atomic E-state index is 0. The molecule has 2 aromatic carbocycles. The number of alkyl halides is 2. The van der Waals surface area contributed by atoms with Crippen molar-refractivity contribution in [1.82, 2.24) is 19.8 Å². The van der Waals surface area contributed by atoms with E-state index in [1.54, 1.807) is 53.1 Å². The van der Waals surface area contributed by atoms with Gasteiger partial charge in [0.2, 0.25) is 5.92 Å². The van der Waals surface area contributed by atoms with Gasteiger partial charge in [0, 0.05) is 40.1 Å². The fourth-order valence-electron chi connectivity index (χ4n) is 12.3. The molecule has 19 heteroatoms. The van der Waals surface area contributed by atoms with Gasteiger partial charge in [-0.05, 0) is 108 Å². The van der Waals surface area contributed by atoms with Crippen LogP contribution < -0.4 is 18.9 Å². The van der Waals surface area contributed by atoms with Crippen LogP contribution in [0.15, 0.2) is 72.8 Å². The highest BCUT2D eigenvalue weighted by Gasteiger charge is 2.63. The van der Waals surface area contributed by atoms with Crippen LogP contribution in [0.5, 0.6) is 23.3 Å². The van der Waals surface area contributed by atoms with Crippen LogP contribution in [0.1, 0.15) is 93.2 Å². The molecule has 2 amide bonds. The third-order valence-electron chi connectivity index (χ3n) is 16.2. The number of amides is 2. The number of hydrogen-bond acceptors (Lipinski definition) is 13. The predicted molar refractivity (Wildman–Crippen MR) is 260 cm³/mol. The molecule has 2 aromatic heterocycles. The van der Waals surface area contributed by atoms with Crippen molar-refractivity contribution in [2.24, 2.45) is 35.5 Å². The maximum absolute atomic E-state index is 13.9. The number of pyridine rings is 2. The van der Waals surface area contributed by atoms with Gasteiger partial charge < -0.3 is 52.8 Å². The summed E-state index contributed by atoms with van der Waals surface area (Å²) in [7, 11) is 2.94. The average Bonchev–Trinajstić information content (AvgIpc) is 3.81. The molecule has 4 saturated carbocycles. The largest absolute Gasteiger partial charge is 0.488 e. The zero-order chi connectivity index (χ0) is 51.9. The summed E-state index contributed by atoms with van der Waals surface area (Å²) in [4.78, 5) is 38.7. The SMILES string of the molecule is C.COc1nc(C(=O)N2CC[C@]3(c4cccc(F)c4)OCO[C@@H]3C2)ccc1OCC1C2CC(F)(F)CC12.COc1nc(C(=O)N2CC[C@]3(c4cccc(F)c4)OCO[C@@H]3C2)ccc1OCC1C2CC(O)CC12.[2H]CC. The molecule has 0 radical (unpaired) electrons. The Morgan fingerprint density at radius 1 is 0.716 bits per heavy atom. The second-order valence-corrected chi connectivity index (χ2v) is 20.0. The summed E-state index contributed by atoms with van der Waals surface area (Å²) in [5.41, 5.74) is 0.313. The Kier molecular flexibility index (Phi) is 15.1.